The molecule has 4 nitrogen and oxygen atoms in total. The minimum atomic E-state index is -3.77. The van der Waals surface area contributed by atoms with E-state index in [9.17, 15) is 12.8 Å². The van der Waals surface area contributed by atoms with Gasteiger partial charge in [-0.3, -0.25) is 0 Å². The van der Waals surface area contributed by atoms with Crippen molar-refractivity contribution in [2.75, 3.05) is 19.6 Å². The van der Waals surface area contributed by atoms with E-state index in [0.717, 1.165) is 13.0 Å². The van der Waals surface area contributed by atoms with Gasteiger partial charge >= 0.3 is 0 Å². The summed E-state index contributed by atoms with van der Waals surface area (Å²) >= 11 is 0. The van der Waals surface area contributed by atoms with E-state index in [-0.39, 0.29) is 23.8 Å². The van der Waals surface area contributed by atoms with Crippen LogP contribution < -0.4 is 10.0 Å². The van der Waals surface area contributed by atoms with E-state index in [2.05, 4.69) is 10.0 Å². The van der Waals surface area contributed by atoms with Gasteiger partial charge in [0.15, 0.2) is 0 Å². The van der Waals surface area contributed by atoms with Crippen LogP contribution in [0.15, 0.2) is 23.1 Å². The van der Waals surface area contributed by atoms with Gasteiger partial charge in [-0.1, -0.05) is 19.1 Å². The van der Waals surface area contributed by atoms with E-state index < -0.39 is 15.8 Å². The average molecular weight is 311 g/mol. The van der Waals surface area contributed by atoms with Crippen LogP contribution in [0.4, 0.5) is 4.39 Å². The molecular weight excluding hydrogens is 291 g/mol. The van der Waals surface area contributed by atoms with Crippen molar-refractivity contribution in [2.45, 2.75) is 25.2 Å². The molecule has 0 radical (unpaired) electrons. The summed E-state index contributed by atoms with van der Waals surface area (Å²) in [6.45, 7) is 5.17. The Morgan fingerprint density at radius 1 is 1.21 bits per heavy atom. The smallest absolute Gasteiger partial charge is 0.243 e. The zero-order valence-corrected chi connectivity index (χ0v) is 12.7. The summed E-state index contributed by atoms with van der Waals surface area (Å²) in [4.78, 5) is -0.294. The first-order valence-electron chi connectivity index (χ1n) is 5.94. The zero-order chi connectivity index (χ0) is 13.6. The molecule has 1 aromatic carbocycles. The van der Waals surface area contributed by atoms with Crippen LogP contribution in [0.2, 0.25) is 0 Å². The van der Waals surface area contributed by atoms with Crippen LogP contribution in [0.1, 0.15) is 18.9 Å². The molecular formula is C12H20ClFN2O2S. The molecule has 0 aliphatic heterocycles. The van der Waals surface area contributed by atoms with E-state index in [4.69, 9.17) is 0 Å². The van der Waals surface area contributed by atoms with Crippen LogP contribution in [0.5, 0.6) is 0 Å². The largest absolute Gasteiger partial charge is 0.315 e. The summed E-state index contributed by atoms with van der Waals surface area (Å²) in [5.41, 5.74) is 0.321. The Morgan fingerprint density at radius 2 is 1.89 bits per heavy atom. The van der Waals surface area contributed by atoms with E-state index in [0.29, 0.717) is 12.1 Å². The molecule has 0 atom stereocenters. The minimum absolute atomic E-state index is 0. The lowest BCUT2D eigenvalue weighted by Gasteiger charge is -2.09. The predicted molar refractivity (Wildman–Crippen MR) is 76.7 cm³/mol. The molecule has 0 aliphatic rings. The van der Waals surface area contributed by atoms with E-state index in [1.807, 2.05) is 6.92 Å². The van der Waals surface area contributed by atoms with E-state index in [1.54, 1.807) is 0 Å². The Labute approximate surface area is 120 Å². The monoisotopic (exact) mass is 310 g/mol. The summed E-state index contributed by atoms with van der Waals surface area (Å²) in [7, 11) is -3.77. The third kappa shape index (κ3) is 5.44. The van der Waals surface area contributed by atoms with Gasteiger partial charge in [-0.25, -0.2) is 17.5 Å². The molecule has 0 saturated carbocycles. The van der Waals surface area contributed by atoms with Crippen molar-refractivity contribution >= 4 is 22.4 Å². The van der Waals surface area contributed by atoms with E-state index >= 15 is 0 Å². The number of hydrogen-bond donors (Lipinski definition) is 2. The average Bonchev–Trinajstić information content (AvgIpc) is 2.32. The van der Waals surface area contributed by atoms with Gasteiger partial charge < -0.3 is 5.32 Å². The fourth-order valence-electron chi connectivity index (χ4n) is 1.48. The summed E-state index contributed by atoms with van der Waals surface area (Å²) in [6.07, 6.45) is 0.985. The van der Waals surface area contributed by atoms with Crippen molar-refractivity contribution in [1.82, 2.24) is 10.0 Å². The first-order valence-corrected chi connectivity index (χ1v) is 7.43. The number of sulfonamides is 1. The lowest BCUT2D eigenvalue weighted by atomic mass is 10.2. The topological polar surface area (TPSA) is 58.2 Å². The van der Waals surface area contributed by atoms with Crippen molar-refractivity contribution in [3.05, 3.63) is 29.6 Å². The van der Waals surface area contributed by atoms with Gasteiger partial charge in [0.25, 0.3) is 0 Å². The quantitative estimate of drug-likeness (QED) is 0.756. The molecule has 0 fully saturated rings. The van der Waals surface area contributed by atoms with Crippen molar-refractivity contribution in [3.63, 3.8) is 0 Å². The molecule has 19 heavy (non-hydrogen) atoms. The van der Waals surface area contributed by atoms with Gasteiger partial charge in [0, 0.05) is 13.1 Å². The van der Waals surface area contributed by atoms with E-state index in [1.165, 1.54) is 25.1 Å². The third-order valence-corrected chi connectivity index (χ3v) is 3.95. The SMILES string of the molecule is CCCNCCNS(=O)(=O)c1cccc(C)c1F.Cl. The van der Waals surface area contributed by atoms with Crippen LogP contribution in [0, 0.1) is 12.7 Å². The molecule has 1 aromatic rings. The number of halogens is 2. The van der Waals surface area contributed by atoms with Crippen molar-refractivity contribution < 1.29 is 12.8 Å². The van der Waals surface area contributed by atoms with Crippen molar-refractivity contribution in [3.8, 4) is 0 Å². The summed E-state index contributed by atoms with van der Waals surface area (Å²) in [5.74, 6) is -0.688. The van der Waals surface area contributed by atoms with Crippen molar-refractivity contribution in [2.24, 2.45) is 0 Å². The second kappa shape index (κ2) is 8.47. The first-order chi connectivity index (χ1) is 8.49. The molecule has 0 heterocycles. The highest BCUT2D eigenvalue weighted by Gasteiger charge is 2.19. The molecule has 0 amide bonds. The zero-order valence-electron chi connectivity index (χ0n) is 11.1. The summed E-state index contributed by atoms with van der Waals surface area (Å²) < 4.78 is 39.8. The second-order valence-electron chi connectivity index (χ2n) is 4.03. The Kier molecular flexibility index (Phi) is 8.17. The van der Waals surface area contributed by atoms with Gasteiger partial charge in [-0.15, -0.1) is 12.4 Å². The van der Waals surface area contributed by atoms with Gasteiger partial charge in [0.2, 0.25) is 10.0 Å². The first kappa shape index (κ1) is 18.3. The molecule has 2 N–H and O–H groups in total. The Morgan fingerprint density at radius 3 is 2.53 bits per heavy atom. The van der Waals surface area contributed by atoms with Crippen LogP contribution in [-0.2, 0) is 10.0 Å². The molecule has 0 saturated heterocycles. The highest BCUT2D eigenvalue weighted by Crippen LogP contribution is 2.16. The Balaban J connectivity index is 0.00000324. The van der Waals surface area contributed by atoms with Crippen molar-refractivity contribution in [1.29, 1.82) is 0 Å². The maximum atomic E-state index is 13.7. The summed E-state index contributed by atoms with van der Waals surface area (Å²) in [5, 5.41) is 3.06. The second-order valence-corrected chi connectivity index (χ2v) is 5.77. The Bertz CT molecular complexity index is 495. The number of aryl methyl sites for hydroxylation is 1. The lowest BCUT2D eigenvalue weighted by Crippen LogP contribution is -2.32. The third-order valence-electron chi connectivity index (χ3n) is 2.47. The number of hydrogen-bond acceptors (Lipinski definition) is 3. The molecule has 0 unspecified atom stereocenters. The van der Waals surface area contributed by atoms with Crippen LogP contribution in [0.3, 0.4) is 0 Å². The molecule has 0 spiro atoms. The number of rotatable bonds is 7. The molecule has 7 heteroatoms. The van der Waals surface area contributed by atoms with Gasteiger partial charge in [-0.2, -0.15) is 0 Å². The highest BCUT2D eigenvalue weighted by atomic mass is 35.5. The normalized spacial score (nSPS) is 11.1. The molecule has 0 bridgehead atoms. The number of nitrogens with one attached hydrogen (secondary N) is 2. The van der Waals surface area contributed by atoms with Crippen LogP contribution >= 0.6 is 12.4 Å². The van der Waals surface area contributed by atoms with Gasteiger partial charge in [0.05, 0.1) is 0 Å². The fourth-order valence-corrected chi connectivity index (χ4v) is 2.66. The molecule has 110 valence electrons. The Hall–Kier alpha value is -0.690. The predicted octanol–water partition coefficient (Wildman–Crippen LogP) is 1.83. The fraction of sp³-hybridized carbons (Fsp3) is 0.500. The standard InChI is InChI=1S/C12H19FN2O2S.ClH/c1-3-7-14-8-9-15-18(16,17)11-6-4-5-10(2)12(11)13;/h4-6,14-15H,3,7-9H2,1-2H3;1H. The molecule has 0 aromatic heterocycles. The highest BCUT2D eigenvalue weighted by molar-refractivity contribution is 7.89. The molecule has 0 aliphatic carbocycles. The van der Waals surface area contributed by atoms with Gasteiger partial charge in [0.1, 0.15) is 10.7 Å². The maximum Gasteiger partial charge on any atom is 0.243 e. The lowest BCUT2D eigenvalue weighted by molar-refractivity contribution is 0.550. The van der Waals surface area contributed by atoms with Gasteiger partial charge in [-0.05, 0) is 31.5 Å². The maximum absolute atomic E-state index is 13.7. The van der Waals surface area contributed by atoms with Crippen LogP contribution in [-0.4, -0.2) is 28.1 Å². The number of benzene rings is 1. The minimum Gasteiger partial charge on any atom is -0.315 e. The molecule has 1 rings (SSSR count). The van der Waals surface area contributed by atoms with Crippen LogP contribution in [0.25, 0.3) is 0 Å². The summed E-state index contributed by atoms with van der Waals surface area (Å²) in [6, 6.07) is 4.34.